The molecule has 1 aromatic rings. The Bertz CT molecular complexity index is 475. The van der Waals surface area contributed by atoms with E-state index in [4.69, 9.17) is 11.6 Å². The number of halogens is 1. The van der Waals surface area contributed by atoms with Gasteiger partial charge in [-0.05, 0) is 59.7 Å². The van der Waals surface area contributed by atoms with Crippen molar-refractivity contribution in [2.24, 2.45) is 7.05 Å². The van der Waals surface area contributed by atoms with E-state index in [-0.39, 0.29) is 5.54 Å². The van der Waals surface area contributed by atoms with Crippen molar-refractivity contribution >= 4 is 11.6 Å². The van der Waals surface area contributed by atoms with Gasteiger partial charge >= 0.3 is 0 Å². The van der Waals surface area contributed by atoms with E-state index in [9.17, 15) is 0 Å². The summed E-state index contributed by atoms with van der Waals surface area (Å²) in [5.74, 6) is 0. The molecule has 0 radical (unpaired) electrons. The van der Waals surface area contributed by atoms with Gasteiger partial charge in [-0.2, -0.15) is 5.10 Å². The zero-order chi connectivity index (χ0) is 15.6. The quantitative estimate of drug-likeness (QED) is 0.877. The number of rotatable bonds is 6. The van der Waals surface area contributed by atoms with Crippen LogP contribution in [0.1, 0.15) is 44.9 Å². The maximum Gasteiger partial charge on any atom is 0.130 e. The normalized spacial score (nSPS) is 18.4. The number of aromatic nitrogens is 2. The Balaban J connectivity index is 2.22. The number of nitrogens with zero attached hydrogens (tertiary/aromatic N) is 3. The molecule has 1 unspecified atom stereocenters. The molecule has 0 spiro atoms. The Morgan fingerprint density at radius 3 is 2.43 bits per heavy atom. The van der Waals surface area contributed by atoms with Crippen LogP contribution in [0.15, 0.2) is 0 Å². The molecule has 0 aromatic carbocycles. The van der Waals surface area contributed by atoms with E-state index in [0.717, 1.165) is 23.8 Å². The average molecular weight is 313 g/mol. The lowest BCUT2D eigenvalue weighted by Gasteiger charge is -2.42. The summed E-state index contributed by atoms with van der Waals surface area (Å²) >= 11 is 6.43. The monoisotopic (exact) mass is 312 g/mol. The van der Waals surface area contributed by atoms with E-state index in [1.807, 2.05) is 14.0 Å². The predicted octanol–water partition coefficient (Wildman–Crippen LogP) is 2.78. The van der Waals surface area contributed by atoms with Gasteiger partial charge in [-0.15, -0.1) is 0 Å². The molecule has 1 aliphatic rings. The molecule has 0 aliphatic carbocycles. The Labute approximate surface area is 133 Å². The van der Waals surface area contributed by atoms with Crippen molar-refractivity contribution in [3.8, 4) is 0 Å². The first-order valence-corrected chi connectivity index (χ1v) is 8.42. The Hall–Kier alpha value is -0.580. The lowest BCUT2D eigenvalue weighted by atomic mass is 9.87. The predicted molar refractivity (Wildman–Crippen MR) is 89.0 cm³/mol. The topological polar surface area (TPSA) is 33.1 Å². The van der Waals surface area contributed by atoms with Crippen LogP contribution in [0.2, 0.25) is 5.15 Å². The van der Waals surface area contributed by atoms with E-state index < -0.39 is 0 Å². The van der Waals surface area contributed by atoms with Crippen molar-refractivity contribution in [1.82, 2.24) is 20.0 Å². The molecule has 1 N–H and O–H groups in total. The molecule has 0 saturated carbocycles. The highest BCUT2D eigenvalue weighted by molar-refractivity contribution is 6.30. The largest absolute Gasteiger partial charge is 0.312 e. The molecule has 0 amide bonds. The number of hydrogen-bond donors (Lipinski definition) is 1. The Morgan fingerprint density at radius 1 is 1.33 bits per heavy atom. The summed E-state index contributed by atoms with van der Waals surface area (Å²) in [5.41, 5.74) is 2.35. The van der Waals surface area contributed by atoms with E-state index in [0.29, 0.717) is 6.04 Å². The summed E-state index contributed by atoms with van der Waals surface area (Å²) in [6, 6.07) is 0.376. The van der Waals surface area contributed by atoms with E-state index in [1.54, 1.807) is 4.68 Å². The molecular weight excluding hydrogens is 284 g/mol. The summed E-state index contributed by atoms with van der Waals surface area (Å²) in [4.78, 5) is 2.61. The van der Waals surface area contributed by atoms with Gasteiger partial charge in [0.15, 0.2) is 0 Å². The van der Waals surface area contributed by atoms with Gasteiger partial charge in [0, 0.05) is 24.2 Å². The van der Waals surface area contributed by atoms with Crippen molar-refractivity contribution in [2.45, 2.75) is 58.5 Å². The Morgan fingerprint density at radius 2 is 1.95 bits per heavy atom. The van der Waals surface area contributed by atoms with Crippen LogP contribution in [0.25, 0.3) is 0 Å². The molecule has 1 aromatic heterocycles. The molecule has 2 rings (SSSR count). The molecule has 1 aliphatic heterocycles. The van der Waals surface area contributed by atoms with E-state index in [1.165, 1.54) is 31.5 Å². The zero-order valence-corrected chi connectivity index (χ0v) is 14.8. The molecule has 5 heteroatoms. The highest BCUT2D eigenvalue weighted by Gasteiger charge is 2.37. The van der Waals surface area contributed by atoms with Crippen molar-refractivity contribution in [1.29, 1.82) is 0 Å². The van der Waals surface area contributed by atoms with Crippen molar-refractivity contribution in [3.05, 3.63) is 16.4 Å². The molecule has 4 nitrogen and oxygen atoms in total. The minimum absolute atomic E-state index is 0.123. The lowest BCUT2D eigenvalue weighted by Crippen LogP contribution is -2.57. The number of likely N-dealkylation sites (N-methyl/N-ethyl adjacent to an activating group) is 1. The third-order valence-electron chi connectivity index (χ3n) is 4.90. The minimum atomic E-state index is 0.123. The molecule has 1 fully saturated rings. The van der Waals surface area contributed by atoms with Gasteiger partial charge in [0.25, 0.3) is 0 Å². The summed E-state index contributed by atoms with van der Waals surface area (Å²) in [6.45, 7) is 12.3. The standard InChI is InChI=1S/C16H29ClN4/c1-6-18-14(16(3,4)21-9-7-8-10-21)11-13-12(2)19-20(5)15(13)17/h14,18H,6-11H2,1-5H3. The molecular formula is C16H29ClN4. The zero-order valence-electron chi connectivity index (χ0n) is 14.0. The van der Waals surface area contributed by atoms with Crippen molar-refractivity contribution in [2.75, 3.05) is 19.6 Å². The van der Waals surface area contributed by atoms with Crippen LogP contribution < -0.4 is 5.32 Å². The van der Waals surface area contributed by atoms with Gasteiger partial charge in [0.05, 0.1) is 5.69 Å². The maximum atomic E-state index is 6.43. The molecule has 21 heavy (non-hydrogen) atoms. The van der Waals surface area contributed by atoms with Gasteiger partial charge in [-0.1, -0.05) is 18.5 Å². The molecule has 1 saturated heterocycles. The second-order valence-electron chi connectivity index (χ2n) is 6.64. The van der Waals surface area contributed by atoms with Gasteiger partial charge in [0.2, 0.25) is 0 Å². The molecule has 2 heterocycles. The number of hydrogen-bond acceptors (Lipinski definition) is 3. The average Bonchev–Trinajstić information content (AvgIpc) is 3.03. The minimum Gasteiger partial charge on any atom is -0.312 e. The number of likely N-dealkylation sites (tertiary alicyclic amines) is 1. The number of aryl methyl sites for hydroxylation is 2. The Kier molecular flexibility index (Phi) is 5.33. The van der Waals surface area contributed by atoms with Gasteiger partial charge < -0.3 is 5.32 Å². The second-order valence-corrected chi connectivity index (χ2v) is 7.00. The van der Waals surface area contributed by atoms with E-state index in [2.05, 4.69) is 36.1 Å². The molecule has 0 bridgehead atoms. The van der Waals surface area contributed by atoms with Crippen LogP contribution >= 0.6 is 11.6 Å². The highest BCUT2D eigenvalue weighted by atomic mass is 35.5. The lowest BCUT2D eigenvalue weighted by molar-refractivity contribution is 0.107. The molecule has 1 atom stereocenters. The summed E-state index contributed by atoms with van der Waals surface area (Å²) in [6.07, 6.45) is 3.56. The third-order valence-corrected chi connectivity index (χ3v) is 5.38. The third kappa shape index (κ3) is 3.43. The summed E-state index contributed by atoms with van der Waals surface area (Å²) < 4.78 is 1.78. The molecule has 120 valence electrons. The number of nitrogens with one attached hydrogen (secondary N) is 1. The van der Waals surface area contributed by atoms with E-state index >= 15 is 0 Å². The van der Waals surface area contributed by atoms with Gasteiger partial charge in [-0.25, -0.2) is 0 Å². The van der Waals surface area contributed by atoms with Gasteiger partial charge in [0.1, 0.15) is 5.15 Å². The van der Waals surface area contributed by atoms with Crippen LogP contribution in [0.5, 0.6) is 0 Å². The van der Waals surface area contributed by atoms with Crippen LogP contribution in [-0.4, -0.2) is 45.9 Å². The van der Waals surface area contributed by atoms with Crippen molar-refractivity contribution in [3.63, 3.8) is 0 Å². The van der Waals surface area contributed by atoms with Crippen LogP contribution in [0.4, 0.5) is 0 Å². The summed E-state index contributed by atoms with van der Waals surface area (Å²) in [7, 11) is 1.91. The highest BCUT2D eigenvalue weighted by Crippen LogP contribution is 2.29. The van der Waals surface area contributed by atoms with Crippen LogP contribution in [-0.2, 0) is 13.5 Å². The SMILES string of the molecule is CCNC(Cc1c(C)nn(C)c1Cl)C(C)(C)N1CCCC1. The first-order chi connectivity index (χ1) is 9.87. The first-order valence-electron chi connectivity index (χ1n) is 8.04. The second kappa shape index (κ2) is 6.67. The fourth-order valence-electron chi connectivity index (χ4n) is 3.44. The van der Waals surface area contributed by atoms with Crippen molar-refractivity contribution < 1.29 is 0 Å². The fourth-order valence-corrected chi connectivity index (χ4v) is 3.69. The smallest absolute Gasteiger partial charge is 0.130 e. The van der Waals surface area contributed by atoms with Crippen LogP contribution in [0, 0.1) is 6.92 Å². The summed E-state index contributed by atoms with van der Waals surface area (Å²) in [5, 5.41) is 8.89. The van der Waals surface area contributed by atoms with Crippen LogP contribution in [0.3, 0.4) is 0 Å². The fraction of sp³-hybridized carbons (Fsp3) is 0.812. The van der Waals surface area contributed by atoms with Gasteiger partial charge in [-0.3, -0.25) is 9.58 Å². The maximum absolute atomic E-state index is 6.43. The first kappa shape index (κ1) is 16.8.